The molecule has 5 rings (SSSR count). The molecule has 0 N–H and O–H groups in total. The second kappa shape index (κ2) is 12.9. The van der Waals surface area contributed by atoms with Crippen molar-refractivity contribution in [3.05, 3.63) is 125 Å². The molecule has 5 nitrogen and oxygen atoms in total. The van der Waals surface area contributed by atoms with Gasteiger partial charge in [-0.25, -0.2) is 8.78 Å². The number of thiazole rings is 1. The van der Waals surface area contributed by atoms with Crippen LogP contribution in [0.4, 0.5) is 8.78 Å². The van der Waals surface area contributed by atoms with E-state index in [2.05, 4.69) is 15.9 Å². The molecule has 0 bridgehead atoms. The van der Waals surface area contributed by atoms with Crippen molar-refractivity contribution in [1.29, 1.82) is 0 Å². The van der Waals surface area contributed by atoms with Crippen LogP contribution in [0, 0.1) is 17.6 Å². The summed E-state index contributed by atoms with van der Waals surface area (Å²) in [4.78, 5) is 41.7. The van der Waals surface area contributed by atoms with Gasteiger partial charge in [0.05, 0.1) is 4.53 Å². The Hall–Kier alpha value is -3.69. The zero-order chi connectivity index (χ0) is 28.9. The van der Waals surface area contributed by atoms with Gasteiger partial charge in [-0.2, -0.15) is 0 Å². The fourth-order valence-corrected chi connectivity index (χ4v) is 5.95. The number of Topliss-reactive ketones (excluding diaryl/α,β-unsaturated/α-hetero) is 1. The van der Waals surface area contributed by atoms with Crippen molar-refractivity contribution in [3.8, 4) is 0 Å². The minimum Gasteiger partial charge on any atom is -0.336 e. The molecule has 0 radical (unpaired) electrons. The Morgan fingerprint density at radius 2 is 1.66 bits per heavy atom. The van der Waals surface area contributed by atoms with Gasteiger partial charge < -0.3 is 4.90 Å². The number of ketones is 1. The van der Waals surface area contributed by atoms with Crippen molar-refractivity contribution in [2.24, 2.45) is 5.92 Å². The molecule has 1 aromatic heterocycles. The highest BCUT2D eigenvalue weighted by atomic mass is 79.9. The van der Waals surface area contributed by atoms with E-state index in [1.165, 1.54) is 22.8 Å². The number of hydrogen-bond acceptors (Lipinski definition) is 4. The molecule has 1 amide bonds. The van der Waals surface area contributed by atoms with Crippen molar-refractivity contribution in [2.45, 2.75) is 32.4 Å². The minimum absolute atomic E-state index is 0.0825. The number of carbonyl (C=O) groups is 2. The lowest BCUT2D eigenvalue weighted by atomic mass is 10.1. The van der Waals surface area contributed by atoms with E-state index < -0.39 is 17.2 Å². The molecule has 0 spiro atoms. The van der Waals surface area contributed by atoms with E-state index in [0.717, 1.165) is 41.4 Å². The third-order valence-corrected chi connectivity index (χ3v) is 8.38. The Morgan fingerprint density at radius 3 is 2.32 bits per heavy atom. The van der Waals surface area contributed by atoms with Crippen molar-refractivity contribution in [2.75, 3.05) is 6.54 Å². The quantitative estimate of drug-likeness (QED) is 0.235. The Morgan fingerprint density at radius 1 is 1.00 bits per heavy atom. The maximum atomic E-state index is 14.5. The van der Waals surface area contributed by atoms with Crippen molar-refractivity contribution in [3.63, 3.8) is 0 Å². The lowest BCUT2D eigenvalue weighted by Crippen LogP contribution is -2.41. The van der Waals surface area contributed by atoms with Gasteiger partial charge >= 0.3 is 0 Å². The number of aromatic nitrogens is 1. The summed E-state index contributed by atoms with van der Waals surface area (Å²) >= 11 is 4.14. The van der Waals surface area contributed by atoms with Crippen LogP contribution in [0.2, 0.25) is 0 Å². The monoisotopic (exact) mass is 636 g/mol. The fraction of sp³-hybridized carbons (Fsp3) is 0.219. The predicted octanol–water partition coefficient (Wildman–Crippen LogP) is 4.81. The van der Waals surface area contributed by atoms with Crippen LogP contribution in [0.1, 0.15) is 29.5 Å². The number of carbonyl (C=O) groups excluding carboxylic acids is 2. The third-order valence-electron chi connectivity index (χ3n) is 6.87. The summed E-state index contributed by atoms with van der Waals surface area (Å²) in [6.07, 6.45) is 4.86. The molecule has 210 valence electrons. The van der Waals surface area contributed by atoms with Gasteiger partial charge in [0.1, 0.15) is 11.2 Å². The summed E-state index contributed by atoms with van der Waals surface area (Å²) < 4.78 is 30.5. The number of rotatable bonds is 10. The first-order valence-corrected chi connectivity index (χ1v) is 14.9. The summed E-state index contributed by atoms with van der Waals surface area (Å²) in [5, 5.41) is 0. The topological polar surface area (TPSA) is 59.4 Å². The first-order chi connectivity index (χ1) is 19.8. The molecule has 1 saturated carbocycles. The second-order valence-electron chi connectivity index (χ2n) is 9.99. The van der Waals surface area contributed by atoms with Gasteiger partial charge in [0.25, 0.3) is 5.56 Å². The Labute approximate surface area is 248 Å². The zero-order valence-corrected chi connectivity index (χ0v) is 24.5. The van der Waals surface area contributed by atoms with Crippen molar-refractivity contribution >= 4 is 51.1 Å². The highest BCUT2D eigenvalue weighted by Gasteiger charge is 2.28. The summed E-state index contributed by atoms with van der Waals surface area (Å²) in [7, 11) is 0. The standard InChI is InChI=1S/C32H27BrF2N2O3S/c33-25-15-24(31(35)26(34)17-25)16-28-32(40)37(30(41-28)18-27(38)23-11-12-23)20-29(39)36(19-22-9-5-2-6-10-22)14-13-21-7-3-1-4-8-21/h1-10,15-18,23H,11-14,19-20H2/b28-16-,30-18+. The number of benzene rings is 3. The lowest BCUT2D eigenvalue weighted by molar-refractivity contribution is -0.132. The highest BCUT2D eigenvalue weighted by molar-refractivity contribution is 9.10. The minimum atomic E-state index is -1.09. The summed E-state index contributed by atoms with van der Waals surface area (Å²) in [6, 6.07) is 21.8. The smallest absolute Gasteiger partial charge is 0.269 e. The van der Waals surface area contributed by atoms with Crippen LogP contribution in [-0.4, -0.2) is 27.7 Å². The van der Waals surface area contributed by atoms with E-state index in [9.17, 15) is 23.2 Å². The zero-order valence-electron chi connectivity index (χ0n) is 22.1. The van der Waals surface area contributed by atoms with Crippen LogP contribution < -0.4 is 14.8 Å². The molecular weight excluding hydrogens is 610 g/mol. The first kappa shape index (κ1) is 28.8. The molecule has 3 aromatic carbocycles. The van der Waals surface area contributed by atoms with E-state index in [0.29, 0.717) is 28.6 Å². The average Bonchev–Trinajstić information content (AvgIpc) is 3.78. The molecule has 0 atom stereocenters. The molecule has 0 saturated heterocycles. The molecular formula is C32H27BrF2N2O3S. The van der Waals surface area contributed by atoms with Crippen molar-refractivity contribution in [1.82, 2.24) is 9.47 Å². The highest BCUT2D eigenvalue weighted by Crippen LogP contribution is 2.30. The number of amides is 1. The first-order valence-electron chi connectivity index (χ1n) is 13.3. The van der Waals surface area contributed by atoms with Gasteiger partial charge in [-0.05, 0) is 48.6 Å². The SMILES string of the molecule is O=C(/C=c1/s/c(=C\c2cc(Br)cc(F)c2F)c(=O)n1CC(=O)N(CCc1ccccc1)Cc1ccccc1)C1CC1. The van der Waals surface area contributed by atoms with Crippen LogP contribution in [0.5, 0.6) is 0 Å². The van der Waals surface area contributed by atoms with Crippen LogP contribution in [0.15, 0.2) is 82.1 Å². The summed E-state index contributed by atoms with van der Waals surface area (Å²) in [5.41, 5.74) is 1.38. The molecule has 1 aliphatic carbocycles. The van der Waals surface area contributed by atoms with Crippen LogP contribution in [-0.2, 0) is 29.1 Å². The van der Waals surface area contributed by atoms with Crippen LogP contribution in [0.3, 0.4) is 0 Å². The van der Waals surface area contributed by atoms with Crippen LogP contribution >= 0.6 is 27.3 Å². The Bertz CT molecular complexity index is 1750. The predicted molar refractivity (Wildman–Crippen MR) is 160 cm³/mol. The molecule has 9 heteroatoms. The molecule has 4 aromatic rings. The van der Waals surface area contributed by atoms with E-state index in [1.807, 2.05) is 60.7 Å². The van der Waals surface area contributed by atoms with Gasteiger partial charge in [0.2, 0.25) is 5.91 Å². The van der Waals surface area contributed by atoms with Gasteiger partial charge in [-0.15, -0.1) is 11.3 Å². The number of nitrogens with zero attached hydrogens (tertiary/aromatic N) is 2. The van der Waals surface area contributed by atoms with Gasteiger partial charge in [0.15, 0.2) is 17.4 Å². The molecule has 1 fully saturated rings. The molecule has 0 unspecified atom stereocenters. The molecule has 1 aliphatic rings. The Balaban J connectivity index is 1.51. The molecule has 0 aliphatic heterocycles. The average molecular weight is 638 g/mol. The molecule has 41 heavy (non-hydrogen) atoms. The van der Waals surface area contributed by atoms with Gasteiger partial charge in [-0.3, -0.25) is 19.0 Å². The molecule has 1 heterocycles. The van der Waals surface area contributed by atoms with Crippen molar-refractivity contribution < 1.29 is 18.4 Å². The Kier molecular flexibility index (Phi) is 9.05. The second-order valence-corrected chi connectivity index (χ2v) is 12.0. The number of hydrogen-bond donors (Lipinski definition) is 0. The van der Waals surface area contributed by atoms with E-state index in [-0.39, 0.29) is 34.2 Å². The van der Waals surface area contributed by atoms with Gasteiger partial charge in [0, 0.05) is 35.1 Å². The lowest BCUT2D eigenvalue weighted by Gasteiger charge is -2.23. The van der Waals surface area contributed by atoms with E-state index in [1.54, 1.807) is 4.90 Å². The number of halogens is 3. The maximum absolute atomic E-state index is 14.5. The normalized spacial score (nSPS) is 13.9. The summed E-state index contributed by atoms with van der Waals surface area (Å²) in [5.74, 6) is -2.62. The summed E-state index contributed by atoms with van der Waals surface area (Å²) in [6.45, 7) is 0.495. The fourth-order valence-electron chi connectivity index (χ4n) is 4.46. The van der Waals surface area contributed by atoms with Gasteiger partial charge in [-0.1, -0.05) is 76.6 Å². The third kappa shape index (κ3) is 7.34. The largest absolute Gasteiger partial charge is 0.336 e. The van der Waals surface area contributed by atoms with Crippen LogP contribution in [0.25, 0.3) is 12.2 Å². The maximum Gasteiger partial charge on any atom is 0.269 e. The van der Waals surface area contributed by atoms with E-state index >= 15 is 0 Å². The van der Waals surface area contributed by atoms with E-state index in [4.69, 9.17) is 0 Å².